The first-order valence-electron chi connectivity index (χ1n) is 13.3. The van der Waals surface area contributed by atoms with Crippen molar-refractivity contribution in [3.05, 3.63) is 94.5 Å². The van der Waals surface area contributed by atoms with Gasteiger partial charge in [0.15, 0.2) is 5.82 Å². The third-order valence-corrected chi connectivity index (χ3v) is 7.63. The molecule has 5 aromatic rings. The van der Waals surface area contributed by atoms with Gasteiger partial charge in [0, 0.05) is 35.3 Å². The van der Waals surface area contributed by atoms with Crippen LogP contribution in [0.2, 0.25) is 0 Å². The van der Waals surface area contributed by atoms with Gasteiger partial charge in [-0.25, -0.2) is 19.1 Å². The standard InChI is InChI=1S/C30H29N5O4/c36-28(33-25(30(38)39)17-20-18-32-24-11-5-4-10-22(20)24)19-13-14-26-23(16-19)29(37)34(21-8-2-1-3-9-21)35(26)27-12-6-7-15-31-27/h4-7,10-16,18,21,25,32H,1-3,8-9,17H2,(H,33,36)(H,38,39)/t25-/m0/s1. The fourth-order valence-corrected chi connectivity index (χ4v) is 5.69. The molecule has 9 nitrogen and oxygen atoms in total. The number of aliphatic carboxylic acids is 1. The van der Waals surface area contributed by atoms with Crippen molar-refractivity contribution in [2.75, 3.05) is 0 Å². The van der Waals surface area contributed by atoms with Crippen LogP contribution in [0.5, 0.6) is 0 Å². The van der Waals surface area contributed by atoms with Gasteiger partial charge in [0.25, 0.3) is 11.5 Å². The van der Waals surface area contributed by atoms with Gasteiger partial charge >= 0.3 is 5.97 Å². The molecule has 1 fully saturated rings. The Morgan fingerprint density at radius 2 is 1.82 bits per heavy atom. The molecule has 0 spiro atoms. The lowest BCUT2D eigenvalue weighted by Gasteiger charge is -2.25. The summed E-state index contributed by atoms with van der Waals surface area (Å²) < 4.78 is 3.64. The molecule has 0 bridgehead atoms. The van der Waals surface area contributed by atoms with Crippen LogP contribution in [0.4, 0.5) is 0 Å². The summed E-state index contributed by atoms with van der Waals surface area (Å²) in [6.45, 7) is 0. The number of carboxylic acids is 1. The first kappa shape index (κ1) is 24.7. The molecule has 1 amide bonds. The summed E-state index contributed by atoms with van der Waals surface area (Å²) in [5, 5.41) is 13.9. The van der Waals surface area contributed by atoms with Gasteiger partial charge in [-0.15, -0.1) is 0 Å². The number of para-hydroxylation sites is 1. The molecule has 2 aromatic carbocycles. The predicted octanol–water partition coefficient (Wildman–Crippen LogP) is 4.60. The largest absolute Gasteiger partial charge is 0.480 e. The number of aromatic amines is 1. The lowest BCUT2D eigenvalue weighted by atomic mass is 9.96. The number of hydrogen-bond donors (Lipinski definition) is 3. The van der Waals surface area contributed by atoms with E-state index in [2.05, 4.69) is 15.3 Å². The van der Waals surface area contributed by atoms with Crippen LogP contribution >= 0.6 is 0 Å². The topological polar surface area (TPSA) is 122 Å². The van der Waals surface area contributed by atoms with Crippen molar-refractivity contribution in [2.24, 2.45) is 0 Å². The fourth-order valence-electron chi connectivity index (χ4n) is 5.69. The number of carbonyl (C=O) groups is 2. The van der Waals surface area contributed by atoms with E-state index in [4.69, 9.17) is 0 Å². The Hall–Kier alpha value is -4.66. The highest BCUT2D eigenvalue weighted by Gasteiger charge is 2.26. The Kier molecular flexibility index (Phi) is 6.48. The van der Waals surface area contributed by atoms with E-state index in [-0.39, 0.29) is 23.6 Å². The normalized spacial score (nSPS) is 15.0. The second-order valence-electron chi connectivity index (χ2n) is 10.1. The summed E-state index contributed by atoms with van der Waals surface area (Å²) in [6.07, 6.45) is 8.67. The van der Waals surface area contributed by atoms with Gasteiger partial charge in [0.05, 0.1) is 16.9 Å². The van der Waals surface area contributed by atoms with E-state index in [0.29, 0.717) is 16.7 Å². The highest BCUT2D eigenvalue weighted by Crippen LogP contribution is 2.30. The van der Waals surface area contributed by atoms with E-state index in [1.165, 1.54) is 0 Å². The van der Waals surface area contributed by atoms with Crippen molar-refractivity contribution in [1.29, 1.82) is 0 Å². The number of benzene rings is 2. The summed E-state index contributed by atoms with van der Waals surface area (Å²) >= 11 is 0. The van der Waals surface area contributed by atoms with E-state index in [0.717, 1.165) is 48.6 Å². The molecule has 39 heavy (non-hydrogen) atoms. The Labute approximate surface area is 224 Å². The molecule has 6 rings (SSSR count). The summed E-state index contributed by atoms with van der Waals surface area (Å²) in [5.41, 5.74) is 2.43. The quantitative estimate of drug-likeness (QED) is 0.288. The highest BCUT2D eigenvalue weighted by molar-refractivity contribution is 6.00. The fraction of sp³-hybridized carbons (Fsp3) is 0.267. The minimum absolute atomic E-state index is 0.0468. The molecule has 0 radical (unpaired) electrons. The van der Waals surface area contributed by atoms with E-state index >= 15 is 0 Å². The van der Waals surface area contributed by atoms with Crippen molar-refractivity contribution in [2.45, 2.75) is 50.6 Å². The molecule has 0 saturated heterocycles. The zero-order valence-corrected chi connectivity index (χ0v) is 21.3. The SMILES string of the molecule is O=C(N[C@@H](Cc1c[nH]c2ccccc12)C(=O)O)c1ccc2c(c1)c(=O)n(C1CCCCC1)n2-c1ccccn1. The Morgan fingerprint density at radius 1 is 1.03 bits per heavy atom. The summed E-state index contributed by atoms with van der Waals surface area (Å²) in [6, 6.07) is 17.0. The molecule has 1 saturated carbocycles. The molecule has 9 heteroatoms. The molecule has 0 aliphatic heterocycles. The van der Waals surface area contributed by atoms with E-state index in [9.17, 15) is 19.5 Å². The van der Waals surface area contributed by atoms with Crippen molar-refractivity contribution < 1.29 is 14.7 Å². The molecule has 3 heterocycles. The summed E-state index contributed by atoms with van der Waals surface area (Å²) in [4.78, 5) is 46.7. The molecular formula is C30H29N5O4. The van der Waals surface area contributed by atoms with Crippen molar-refractivity contribution in [1.82, 2.24) is 24.6 Å². The van der Waals surface area contributed by atoms with E-state index in [1.54, 1.807) is 35.3 Å². The van der Waals surface area contributed by atoms with Gasteiger partial charge < -0.3 is 15.4 Å². The molecule has 0 unspecified atom stereocenters. The van der Waals surface area contributed by atoms with Crippen LogP contribution in [0.3, 0.4) is 0 Å². The average Bonchev–Trinajstić information content (AvgIpc) is 3.51. The average molecular weight is 524 g/mol. The van der Waals surface area contributed by atoms with Gasteiger partial charge in [-0.1, -0.05) is 43.5 Å². The second kappa shape index (κ2) is 10.2. The van der Waals surface area contributed by atoms with E-state index < -0.39 is 17.9 Å². The minimum Gasteiger partial charge on any atom is -0.480 e. The van der Waals surface area contributed by atoms with Crippen LogP contribution in [0, 0.1) is 0 Å². The lowest BCUT2D eigenvalue weighted by Crippen LogP contribution is -2.42. The minimum atomic E-state index is -1.13. The number of amides is 1. The number of fused-ring (bicyclic) bond motifs is 2. The number of H-pyrrole nitrogens is 1. The predicted molar refractivity (Wildman–Crippen MR) is 148 cm³/mol. The monoisotopic (exact) mass is 523 g/mol. The number of carbonyl (C=O) groups excluding carboxylic acids is 1. The molecule has 3 N–H and O–H groups in total. The number of aromatic nitrogens is 4. The molecule has 3 aromatic heterocycles. The number of hydrogen-bond acceptors (Lipinski definition) is 4. The Bertz CT molecular complexity index is 1730. The van der Waals surface area contributed by atoms with Crippen LogP contribution in [0.25, 0.3) is 27.6 Å². The highest BCUT2D eigenvalue weighted by atomic mass is 16.4. The number of nitrogens with zero attached hydrogens (tertiary/aromatic N) is 3. The van der Waals surface area contributed by atoms with Gasteiger partial charge in [-0.3, -0.25) is 9.59 Å². The maximum absolute atomic E-state index is 13.7. The molecule has 198 valence electrons. The maximum Gasteiger partial charge on any atom is 0.326 e. The van der Waals surface area contributed by atoms with Gasteiger partial charge in [-0.2, -0.15) is 0 Å². The number of carboxylic acid groups (broad SMARTS) is 1. The van der Waals surface area contributed by atoms with Gasteiger partial charge in [0.1, 0.15) is 6.04 Å². The smallest absolute Gasteiger partial charge is 0.326 e. The first-order chi connectivity index (χ1) is 19.0. The lowest BCUT2D eigenvalue weighted by molar-refractivity contribution is -0.139. The van der Waals surface area contributed by atoms with Crippen molar-refractivity contribution in [3.63, 3.8) is 0 Å². The molecule has 1 aliphatic carbocycles. The maximum atomic E-state index is 13.7. The third-order valence-electron chi connectivity index (χ3n) is 7.63. The van der Waals surface area contributed by atoms with E-state index in [1.807, 2.05) is 47.1 Å². The molecule has 1 aliphatic rings. The molecular weight excluding hydrogens is 494 g/mol. The van der Waals surface area contributed by atoms with Crippen molar-refractivity contribution in [3.8, 4) is 5.82 Å². The zero-order chi connectivity index (χ0) is 26.9. The second-order valence-corrected chi connectivity index (χ2v) is 10.1. The number of rotatable bonds is 7. The van der Waals surface area contributed by atoms with Crippen LogP contribution in [0.1, 0.15) is 54.1 Å². The Morgan fingerprint density at radius 3 is 2.59 bits per heavy atom. The van der Waals surface area contributed by atoms with Gasteiger partial charge in [0.2, 0.25) is 0 Å². The molecule has 1 atom stereocenters. The Balaban J connectivity index is 1.35. The zero-order valence-electron chi connectivity index (χ0n) is 21.3. The van der Waals surface area contributed by atoms with Crippen LogP contribution in [-0.4, -0.2) is 42.4 Å². The number of pyridine rings is 1. The van der Waals surface area contributed by atoms with Crippen molar-refractivity contribution >= 4 is 33.7 Å². The van der Waals surface area contributed by atoms with Crippen LogP contribution in [0.15, 0.2) is 77.9 Å². The summed E-state index contributed by atoms with van der Waals surface area (Å²) in [7, 11) is 0. The number of nitrogens with one attached hydrogen (secondary N) is 2. The van der Waals surface area contributed by atoms with Crippen LogP contribution in [-0.2, 0) is 11.2 Å². The first-order valence-corrected chi connectivity index (χ1v) is 13.3. The van der Waals surface area contributed by atoms with Gasteiger partial charge in [-0.05, 0) is 54.8 Å². The third kappa shape index (κ3) is 4.60. The van der Waals surface area contributed by atoms with Crippen LogP contribution < -0.4 is 10.9 Å². The summed E-state index contributed by atoms with van der Waals surface area (Å²) in [5.74, 6) is -1.04.